The highest BCUT2D eigenvalue weighted by molar-refractivity contribution is 7.16. The quantitative estimate of drug-likeness (QED) is 0.682. The average Bonchev–Trinajstić information content (AvgIpc) is 2.42. The van der Waals surface area contributed by atoms with Gasteiger partial charge in [-0.3, -0.25) is 0 Å². The smallest absolute Gasteiger partial charge is 0.296 e. The van der Waals surface area contributed by atoms with Crippen molar-refractivity contribution in [3.05, 3.63) is 11.4 Å². The first-order chi connectivity index (χ1) is 4.90. The maximum atomic E-state index is 5.25. The van der Waals surface area contributed by atoms with Crippen LogP contribution in [0.5, 0.6) is 0 Å². The zero-order chi connectivity index (χ0) is 6.97. The molecule has 0 atom stereocenters. The summed E-state index contributed by atoms with van der Waals surface area (Å²) in [6.07, 6.45) is 0. The van der Waals surface area contributed by atoms with E-state index in [-0.39, 0.29) is 0 Å². The van der Waals surface area contributed by atoms with Gasteiger partial charge in [-0.2, -0.15) is 4.98 Å². The Hall–Kier alpha value is -1.03. The van der Waals surface area contributed by atoms with E-state index in [0.29, 0.717) is 6.01 Å². The number of oxazole rings is 1. The van der Waals surface area contributed by atoms with Crippen LogP contribution in [0.15, 0.2) is 15.9 Å². The van der Waals surface area contributed by atoms with Crippen LogP contribution in [0.25, 0.3) is 10.4 Å². The number of anilines is 1. The molecule has 2 aromatic heterocycles. The molecule has 52 valence electrons. The Morgan fingerprint density at radius 2 is 2.60 bits per heavy atom. The van der Waals surface area contributed by atoms with Crippen LogP contribution in [-0.4, -0.2) is 12.0 Å². The number of aromatic nitrogens is 1. The van der Waals surface area contributed by atoms with Crippen LogP contribution in [0.3, 0.4) is 0 Å². The number of fused-ring (bicyclic) bond motifs is 1. The Bertz CT molecular complexity index is 309. The molecular formula is C6H6N2OS. The van der Waals surface area contributed by atoms with Crippen molar-refractivity contribution >= 4 is 27.8 Å². The Labute approximate surface area is 61.7 Å². The number of nitrogens with one attached hydrogen (secondary N) is 1. The summed E-state index contributed by atoms with van der Waals surface area (Å²) in [5.41, 5.74) is 0.856. The van der Waals surface area contributed by atoms with Crippen molar-refractivity contribution in [2.24, 2.45) is 0 Å². The van der Waals surface area contributed by atoms with E-state index in [2.05, 4.69) is 10.3 Å². The Morgan fingerprint density at radius 3 is 3.30 bits per heavy atom. The number of hydrogen-bond acceptors (Lipinski definition) is 4. The fourth-order valence-electron chi connectivity index (χ4n) is 0.775. The van der Waals surface area contributed by atoms with Crippen LogP contribution in [0.2, 0.25) is 0 Å². The monoisotopic (exact) mass is 154 g/mol. The van der Waals surface area contributed by atoms with Gasteiger partial charge in [-0.15, -0.1) is 11.3 Å². The van der Waals surface area contributed by atoms with E-state index in [1.165, 1.54) is 0 Å². The van der Waals surface area contributed by atoms with Gasteiger partial charge < -0.3 is 9.73 Å². The minimum absolute atomic E-state index is 0.585. The molecule has 0 aromatic carbocycles. The average molecular weight is 154 g/mol. The first-order valence-corrected chi connectivity index (χ1v) is 3.80. The number of nitrogens with zero attached hydrogens (tertiary/aromatic N) is 1. The van der Waals surface area contributed by atoms with Crippen LogP contribution in [0, 0.1) is 0 Å². The lowest BCUT2D eigenvalue weighted by atomic mass is 10.6. The van der Waals surface area contributed by atoms with Gasteiger partial charge in [0.25, 0.3) is 6.01 Å². The minimum Gasteiger partial charge on any atom is -0.423 e. The van der Waals surface area contributed by atoms with Crippen LogP contribution >= 0.6 is 11.3 Å². The standard InChI is InChI=1S/C6H6N2OS/c1-7-6-8-5-4(9-6)2-3-10-5/h2-3H,1H3,(H,7,8). The molecule has 10 heavy (non-hydrogen) atoms. The van der Waals surface area contributed by atoms with Crippen molar-refractivity contribution in [1.29, 1.82) is 0 Å². The molecule has 2 rings (SSSR count). The molecule has 0 fully saturated rings. The fraction of sp³-hybridized carbons (Fsp3) is 0.167. The molecule has 0 amide bonds. The highest BCUT2D eigenvalue weighted by Gasteiger charge is 2.02. The van der Waals surface area contributed by atoms with Gasteiger partial charge in [0.05, 0.1) is 0 Å². The molecule has 0 radical (unpaired) electrons. The second kappa shape index (κ2) is 1.98. The van der Waals surface area contributed by atoms with Gasteiger partial charge >= 0.3 is 0 Å². The van der Waals surface area contributed by atoms with E-state index in [1.807, 2.05) is 11.4 Å². The molecule has 0 saturated heterocycles. The minimum atomic E-state index is 0.585. The molecule has 0 saturated carbocycles. The topological polar surface area (TPSA) is 38.1 Å². The van der Waals surface area contributed by atoms with Gasteiger partial charge in [-0.1, -0.05) is 0 Å². The van der Waals surface area contributed by atoms with Crippen LogP contribution in [0.1, 0.15) is 0 Å². The number of hydrogen-bond donors (Lipinski definition) is 1. The molecule has 1 N–H and O–H groups in total. The molecule has 0 aliphatic heterocycles. The maximum Gasteiger partial charge on any atom is 0.296 e. The van der Waals surface area contributed by atoms with Crippen molar-refractivity contribution in [2.45, 2.75) is 0 Å². The van der Waals surface area contributed by atoms with Crippen molar-refractivity contribution in [2.75, 3.05) is 12.4 Å². The lowest BCUT2D eigenvalue weighted by Gasteiger charge is -1.84. The van der Waals surface area contributed by atoms with E-state index in [1.54, 1.807) is 18.4 Å². The highest BCUT2D eigenvalue weighted by atomic mass is 32.1. The zero-order valence-corrected chi connectivity index (χ0v) is 6.23. The van der Waals surface area contributed by atoms with Crippen LogP contribution in [-0.2, 0) is 0 Å². The summed E-state index contributed by atoms with van der Waals surface area (Å²) in [6, 6.07) is 2.50. The van der Waals surface area contributed by atoms with E-state index < -0.39 is 0 Å². The summed E-state index contributed by atoms with van der Waals surface area (Å²) in [6.45, 7) is 0. The fourth-order valence-corrected chi connectivity index (χ4v) is 1.46. The lowest BCUT2D eigenvalue weighted by Crippen LogP contribution is -1.85. The van der Waals surface area contributed by atoms with Crippen LogP contribution in [0.4, 0.5) is 6.01 Å². The third-order valence-electron chi connectivity index (χ3n) is 1.23. The largest absolute Gasteiger partial charge is 0.423 e. The Morgan fingerprint density at radius 1 is 1.70 bits per heavy atom. The normalized spacial score (nSPS) is 10.5. The summed E-state index contributed by atoms with van der Waals surface area (Å²) in [5.74, 6) is 0. The van der Waals surface area contributed by atoms with Crippen molar-refractivity contribution in [3.63, 3.8) is 0 Å². The molecule has 4 heteroatoms. The van der Waals surface area contributed by atoms with E-state index >= 15 is 0 Å². The van der Waals surface area contributed by atoms with Gasteiger partial charge in [0.2, 0.25) is 0 Å². The van der Waals surface area contributed by atoms with Crippen LogP contribution < -0.4 is 5.32 Å². The predicted molar refractivity (Wildman–Crippen MR) is 41.4 cm³/mol. The SMILES string of the molecule is CNc1nc2sccc2o1. The van der Waals surface area contributed by atoms with E-state index in [4.69, 9.17) is 4.42 Å². The third-order valence-corrected chi connectivity index (χ3v) is 2.02. The van der Waals surface area contributed by atoms with Gasteiger partial charge in [0.15, 0.2) is 10.4 Å². The summed E-state index contributed by atoms with van der Waals surface area (Å²) >= 11 is 1.58. The van der Waals surface area contributed by atoms with Crippen molar-refractivity contribution in [3.8, 4) is 0 Å². The molecule has 0 bridgehead atoms. The molecule has 3 nitrogen and oxygen atoms in total. The van der Waals surface area contributed by atoms with Gasteiger partial charge in [-0.25, -0.2) is 0 Å². The van der Waals surface area contributed by atoms with Gasteiger partial charge in [-0.05, 0) is 11.4 Å². The predicted octanol–water partition coefficient (Wildman–Crippen LogP) is 1.93. The molecule has 0 spiro atoms. The molecule has 0 aliphatic rings. The zero-order valence-electron chi connectivity index (χ0n) is 5.42. The highest BCUT2D eigenvalue weighted by Crippen LogP contribution is 2.22. The Balaban J connectivity index is 2.67. The molecule has 2 aromatic rings. The first kappa shape index (κ1) is 5.73. The summed E-state index contributed by atoms with van der Waals surface area (Å²) < 4.78 is 5.25. The Kier molecular flexibility index (Phi) is 1.14. The first-order valence-electron chi connectivity index (χ1n) is 2.92. The van der Waals surface area contributed by atoms with Crippen molar-refractivity contribution < 1.29 is 4.42 Å². The number of rotatable bonds is 1. The number of thiophene rings is 1. The second-order valence-corrected chi connectivity index (χ2v) is 2.75. The maximum absolute atomic E-state index is 5.25. The van der Waals surface area contributed by atoms with Crippen molar-refractivity contribution in [1.82, 2.24) is 4.98 Å². The molecule has 0 unspecified atom stereocenters. The third kappa shape index (κ3) is 0.690. The second-order valence-electron chi connectivity index (χ2n) is 1.86. The van der Waals surface area contributed by atoms with Gasteiger partial charge in [0.1, 0.15) is 0 Å². The summed E-state index contributed by atoms with van der Waals surface area (Å²) in [7, 11) is 1.79. The molecular weight excluding hydrogens is 148 g/mol. The summed E-state index contributed by atoms with van der Waals surface area (Å²) in [4.78, 5) is 5.08. The molecule has 0 aliphatic carbocycles. The summed E-state index contributed by atoms with van der Waals surface area (Å²) in [5, 5.41) is 4.79. The van der Waals surface area contributed by atoms with E-state index in [9.17, 15) is 0 Å². The van der Waals surface area contributed by atoms with Gasteiger partial charge in [0, 0.05) is 7.05 Å². The lowest BCUT2D eigenvalue weighted by molar-refractivity contribution is 0.620. The molecule has 2 heterocycles. The van der Waals surface area contributed by atoms with E-state index in [0.717, 1.165) is 10.4 Å².